The third kappa shape index (κ3) is 2.51. The van der Waals surface area contributed by atoms with Gasteiger partial charge in [0.1, 0.15) is 0 Å². The molecule has 0 aromatic heterocycles. The van der Waals surface area contributed by atoms with Crippen molar-refractivity contribution in [2.24, 2.45) is 17.6 Å². The Kier molecular flexibility index (Phi) is 3.74. The first kappa shape index (κ1) is 11.8. The Morgan fingerprint density at radius 1 is 1.25 bits per heavy atom. The molecule has 16 heavy (non-hydrogen) atoms. The van der Waals surface area contributed by atoms with E-state index in [1.54, 1.807) is 0 Å². The van der Waals surface area contributed by atoms with Gasteiger partial charge in [-0.25, -0.2) is 0 Å². The summed E-state index contributed by atoms with van der Waals surface area (Å²) in [6.07, 6.45) is 2.72. The van der Waals surface area contributed by atoms with Crippen molar-refractivity contribution in [3.63, 3.8) is 0 Å². The van der Waals surface area contributed by atoms with E-state index in [4.69, 9.17) is 5.73 Å². The standard InChI is InChI=1S/C11H18N2O2S/c12-10(14)8-2-1-4-13(6-8)11(15)9-3-5-16-7-9/h8-9H,1-7H2,(H2,12,14)/t8-,9+/m0/s1. The van der Waals surface area contributed by atoms with E-state index in [1.165, 1.54) is 0 Å². The quantitative estimate of drug-likeness (QED) is 0.765. The Bertz CT molecular complexity index is 290. The van der Waals surface area contributed by atoms with E-state index >= 15 is 0 Å². The van der Waals surface area contributed by atoms with Crippen molar-refractivity contribution < 1.29 is 9.59 Å². The van der Waals surface area contributed by atoms with Gasteiger partial charge in [-0.3, -0.25) is 9.59 Å². The molecule has 0 saturated carbocycles. The van der Waals surface area contributed by atoms with Gasteiger partial charge >= 0.3 is 0 Å². The van der Waals surface area contributed by atoms with Crippen LogP contribution in [0.1, 0.15) is 19.3 Å². The number of rotatable bonds is 2. The number of amides is 2. The van der Waals surface area contributed by atoms with Crippen LogP contribution in [-0.2, 0) is 9.59 Å². The molecule has 0 aromatic rings. The van der Waals surface area contributed by atoms with E-state index < -0.39 is 0 Å². The van der Waals surface area contributed by atoms with Crippen molar-refractivity contribution in [3.8, 4) is 0 Å². The second-order valence-electron chi connectivity index (χ2n) is 4.59. The number of thioether (sulfide) groups is 1. The van der Waals surface area contributed by atoms with Crippen molar-refractivity contribution in [2.45, 2.75) is 19.3 Å². The lowest BCUT2D eigenvalue weighted by Gasteiger charge is -2.32. The van der Waals surface area contributed by atoms with Crippen molar-refractivity contribution in [1.82, 2.24) is 4.90 Å². The molecule has 0 spiro atoms. The van der Waals surface area contributed by atoms with Crippen LogP contribution in [0.3, 0.4) is 0 Å². The van der Waals surface area contributed by atoms with Crippen LogP contribution in [0, 0.1) is 11.8 Å². The van der Waals surface area contributed by atoms with Gasteiger partial charge in [0.05, 0.1) is 5.92 Å². The topological polar surface area (TPSA) is 63.4 Å². The van der Waals surface area contributed by atoms with Crippen LogP contribution in [0.5, 0.6) is 0 Å². The number of hydrogen-bond acceptors (Lipinski definition) is 3. The zero-order chi connectivity index (χ0) is 11.5. The number of piperidine rings is 1. The Labute approximate surface area is 99.9 Å². The Hall–Kier alpha value is -0.710. The van der Waals surface area contributed by atoms with E-state index in [-0.39, 0.29) is 23.7 Å². The Morgan fingerprint density at radius 2 is 2.06 bits per heavy atom. The summed E-state index contributed by atoms with van der Waals surface area (Å²) in [6.45, 7) is 1.33. The predicted octanol–water partition coefficient (Wildman–Crippen LogP) is 0.463. The molecule has 2 aliphatic heterocycles. The van der Waals surface area contributed by atoms with Crippen LogP contribution in [0.4, 0.5) is 0 Å². The van der Waals surface area contributed by atoms with Gasteiger partial charge < -0.3 is 10.6 Å². The summed E-state index contributed by atoms with van der Waals surface area (Å²) in [5.74, 6) is 2.04. The summed E-state index contributed by atoms with van der Waals surface area (Å²) in [5, 5.41) is 0. The molecule has 2 heterocycles. The second kappa shape index (κ2) is 5.08. The number of likely N-dealkylation sites (tertiary alicyclic amines) is 1. The molecule has 2 rings (SSSR count). The first-order chi connectivity index (χ1) is 7.68. The molecule has 0 unspecified atom stereocenters. The van der Waals surface area contributed by atoms with E-state index in [0.29, 0.717) is 6.54 Å². The SMILES string of the molecule is NC(=O)[C@H]1CCCN(C(=O)[C@@H]2CCSC2)C1. The molecule has 90 valence electrons. The molecular weight excluding hydrogens is 224 g/mol. The molecule has 4 nitrogen and oxygen atoms in total. The smallest absolute Gasteiger partial charge is 0.226 e. The number of nitrogens with two attached hydrogens (primary N) is 1. The minimum absolute atomic E-state index is 0.133. The fourth-order valence-corrected chi connectivity index (χ4v) is 3.61. The highest BCUT2D eigenvalue weighted by molar-refractivity contribution is 7.99. The van der Waals surface area contributed by atoms with E-state index in [9.17, 15) is 9.59 Å². The zero-order valence-corrected chi connectivity index (χ0v) is 10.2. The van der Waals surface area contributed by atoms with Gasteiger partial charge in [0, 0.05) is 24.8 Å². The molecule has 5 heteroatoms. The maximum absolute atomic E-state index is 12.1. The predicted molar refractivity (Wildman–Crippen MR) is 63.9 cm³/mol. The second-order valence-corrected chi connectivity index (χ2v) is 5.74. The third-order valence-corrected chi connectivity index (χ3v) is 4.58. The maximum atomic E-state index is 12.1. The molecule has 0 aromatic carbocycles. The Balaban J connectivity index is 1.93. The molecular formula is C11H18N2O2S. The van der Waals surface area contributed by atoms with Crippen molar-refractivity contribution in [2.75, 3.05) is 24.6 Å². The summed E-state index contributed by atoms with van der Waals surface area (Å²) in [6, 6.07) is 0. The highest BCUT2D eigenvalue weighted by Crippen LogP contribution is 2.27. The average molecular weight is 242 g/mol. The van der Waals surface area contributed by atoms with E-state index in [0.717, 1.165) is 37.3 Å². The molecule has 2 saturated heterocycles. The lowest BCUT2D eigenvalue weighted by atomic mass is 9.96. The summed E-state index contributed by atoms with van der Waals surface area (Å²) >= 11 is 1.84. The van der Waals surface area contributed by atoms with Crippen LogP contribution < -0.4 is 5.73 Å². The average Bonchev–Trinajstić information content (AvgIpc) is 2.81. The number of carbonyl (C=O) groups is 2. The number of nitrogens with zero attached hydrogens (tertiary/aromatic N) is 1. The van der Waals surface area contributed by atoms with Crippen molar-refractivity contribution >= 4 is 23.6 Å². The van der Waals surface area contributed by atoms with Crippen LogP contribution in [0.25, 0.3) is 0 Å². The van der Waals surface area contributed by atoms with Crippen LogP contribution in [0.15, 0.2) is 0 Å². The number of hydrogen-bond donors (Lipinski definition) is 1. The first-order valence-corrected chi connectivity index (χ1v) is 7.00. The van der Waals surface area contributed by atoms with E-state index in [1.807, 2.05) is 16.7 Å². The largest absolute Gasteiger partial charge is 0.369 e. The maximum Gasteiger partial charge on any atom is 0.226 e. The molecule has 2 amide bonds. The normalized spacial score (nSPS) is 30.4. The first-order valence-electron chi connectivity index (χ1n) is 5.84. The monoisotopic (exact) mass is 242 g/mol. The van der Waals surface area contributed by atoms with E-state index in [2.05, 4.69) is 0 Å². The highest BCUT2D eigenvalue weighted by Gasteiger charge is 2.32. The molecule has 0 aliphatic carbocycles. The Morgan fingerprint density at radius 3 is 2.69 bits per heavy atom. The molecule has 0 bridgehead atoms. The minimum Gasteiger partial charge on any atom is -0.369 e. The van der Waals surface area contributed by atoms with Gasteiger partial charge in [-0.05, 0) is 25.0 Å². The van der Waals surface area contributed by atoms with Gasteiger partial charge in [-0.1, -0.05) is 0 Å². The third-order valence-electron chi connectivity index (χ3n) is 3.41. The van der Waals surface area contributed by atoms with Gasteiger partial charge in [-0.15, -0.1) is 0 Å². The lowest BCUT2D eigenvalue weighted by Crippen LogP contribution is -2.46. The van der Waals surface area contributed by atoms with Crippen LogP contribution >= 0.6 is 11.8 Å². The van der Waals surface area contributed by atoms with Gasteiger partial charge in [0.25, 0.3) is 0 Å². The lowest BCUT2D eigenvalue weighted by molar-refractivity contribution is -0.138. The molecule has 2 N–H and O–H groups in total. The van der Waals surface area contributed by atoms with Gasteiger partial charge in [-0.2, -0.15) is 11.8 Å². The summed E-state index contributed by atoms with van der Waals surface area (Å²) in [5.41, 5.74) is 5.30. The zero-order valence-electron chi connectivity index (χ0n) is 9.35. The molecule has 0 radical (unpaired) electrons. The van der Waals surface area contributed by atoms with Gasteiger partial charge in [0.2, 0.25) is 11.8 Å². The number of carbonyl (C=O) groups excluding carboxylic acids is 2. The van der Waals surface area contributed by atoms with Crippen molar-refractivity contribution in [1.29, 1.82) is 0 Å². The molecule has 2 atom stereocenters. The summed E-state index contributed by atoms with van der Waals surface area (Å²) in [7, 11) is 0. The minimum atomic E-state index is -0.265. The molecule has 2 aliphatic rings. The fourth-order valence-electron chi connectivity index (χ4n) is 2.40. The number of primary amides is 1. The summed E-state index contributed by atoms with van der Waals surface area (Å²) in [4.78, 5) is 25.1. The van der Waals surface area contributed by atoms with Crippen molar-refractivity contribution in [3.05, 3.63) is 0 Å². The van der Waals surface area contributed by atoms with Crippen LogP contribution in [0.2, 0.25) is 0 Å². The fraction of sp³-hybridized carbons (Fsp3) is 0.818. The van der Waals surface area contributed by atoms with Gasteiger partial charge in [0.15, 0.2) is 0 Å². The summed E-state index contributed by atoms with van der Waals surface area (Å²) < 4.78 is 0. The van der Waals surface area contributed by atoms with Crippen LogP contribution in [-0.4, -0.2) is 41.3 Å². The highest BCUT2D eigenvalue weighted by atomic mass is 32.2. The molecule has 2 fully saturated rings.